The molecule has 0 aromatic carbocycles. The van der Waals surface area contributed by atoms with Crippen LogP contribution in [-0.2, 0) is 0 Å². The van der Waals surface area contributed by atoms with Crippen LogP contribution in [0.15, 0.2) is 40.7 Å². The fourth-order valence-electron chi connectivity index (χ4n) is 3.47. The van der Waals surface area contributed by atoms with Gasteiger partial charge in [0.2, 0.25) is 11.6 Å². The third-order valence-electron chi connectivity index (χ3n) is 4.79. The molecule has 2 heterocycles. The molecule has 0 amide bonds. The molecule has 0 N–H and O–H groups in total. The molecule has 2 aliphatic carbocycles. The van der Waals surface area contributed by atoms with E-state index in [1.54, 1.807) is 18.5 Å². The zero-order valence-corrected chi connectivity index (χ0v) is 13.8. The quantitative estimate of drug-likeness (QED) is 0.803. The number of carbonyl (C=O) groups excluding carboxylic acids is 1. The first-order valence-corrected chi connectivity index (χ1v) is 8.31. The molecule has 0 spiro atoms. The Morgan fingerprint density at radius 1 is 1.21 bits per heavy atom. The summed E-state index contributed by atoms with van der Waals surface area (Å²) >= 11 is 0. The van der Waals surface area contributed by atoms with Crippen molar-refractivity contribution in [3.63, 3.8) is 0 Å². The average Bonchev–Trinajstić information content (AvgIpc) is 3.40. The first-order valence-electron chi connectivity index (χ1n) is 8.31. The Morgan fingerprint density at radius 2 is 1.96 bits per heavy atom. The topological polar surface area (TPSA) is 68.9 Å². The maximum absolute atomic E-state index is 12.8. The molecule has 5 heteroatoms. The van der Waals surface area contributed by atoms with Crippen molar-refractivity contribution in [2.75, 3.05) is 0 Å². The van der Waals surface area contributed by atoms with E-state index in [9.17, 15) is 4.79 Å². The van der Waals surface area contributed by atoms with Crippen LogP contribution in [0.25, 0.3) is 5.57 Å². The lowest BCUT2D eigenvalue weighted by Crippen LogP contribution is -2.14. The van der Waals surface area contributed by atoms with Crippen molar-refractivity contribution in [1.29, 1.82) is 0 Å². The van der Waals surface area contributed by atoms with Gasteiger partial charge in [0.15, 0.2) is 0 Å². The molecular formula is C19H19N3O2. The van der Waals surface area contributed by atoms with Crippen molar-refractivity contribution >= 4 is 11.4 Å². The maximum atomic E-state index is 12.8. The summed E-state index contributed by atoms with van der Waals surface area (Å²) in [5.41, 5.74) is 3.72. The highest BCUT2D eigenvalue weighted by molar-refractivity contribution is 6.09. The Labute approximate surface area is 140 Å². The Morgan fingerprint density at radius 3 is 2.58 bits per heavy atom. The number of aromatic nitrogens is 3. The van der Waals surface area contributed by atoms with Crippen molar-refractivity contribution < 1.29 is 9.32 Å². The highest BCUT2D eigenvalue weighted by atomic mass is 16.5. The van der Waals surface area contributed by atoms with Crippen molar-refractivity contribution in [3.8, 4) is 0 Å². The molecule has 0 radical (unpaired) electrons. The van der Waals surface area contributed by atoms with Gasteiger partial charge in [0, 0.05) is 23.5 Å². The van der Waals surface area contributed by atoms with Crippen LogP contribution in [0.1, 0.15) is 46.9 Å². The molecular weight excluding hydrogens is 302 g/mol. The molecule has 0 aliphatic heterocycles. The summed E-state index contributed by atoms with van der Waals surface area (Å²) in [6.45, 7) is 3.86. The van der Waals surface area contributed by atoms with E-state index in [0.717, 1.165) is 29.0 Å². The summed E-state index contributed by atoms with van der Waals surface area (Å²) in [5, 5.41) is 4.06. The number of nitrogens with zero attached hydrogens (tertiary/aromatic N) is 3. The minimum absolute atomic E-state index is 0.120. The van der Waals surface area contributed by atoms with Crippen molar-refractivity contribution in [1.82, 2.24) is 15.1 Å². The lowest BCUT2D eigenvalue weighted by atomic mass is 9.82. The van der Waals surface area contributed by atoms with Gasteiger partial charge in [-0.25, -0.2) is 9.97 Å². The monoisotopic (exact) mass is 321 g/mol. The van der Waals surface area contributed by atoms with Crippen molar-refractivity contribution in [2.24, 2.45) is 11.8 Å². The standard InChI is InChI=1S/C19H19N3O2/c1-11-17(12(2)24-22-11)15-8-14(13-4-5-13)9-16(10-15)18(23)19-20-6-3-7-21-19/h3,6-7,9-10,13-14H,4-5,8H2,1-2H3. The Hall–Kier alpha value is -2.56. The van der Waals surface area contributed by atoms with Gasteiger partial charge in [0.05, 0.1) is 5.69 Å². The fraction of sp³-hybridized carbons (Fsp3) is 0.368. The van der Waals surface area contributed by atoms with Gasteiger partial charge in [0.1, 0.15) is 5.76 Å². The molecule has 2 aromatic heterocycles. The maximum Gasteiger partial charge on any atom is 0.229 e. The minimum atomic E-state index is -0.120. The second kappa shape index (κ2) is 5.82. The van der Waals surface area contributed by atoms with E-state index in [1.165, 1.54) is 12.8 Å². The Kier molecular flexibility index (Phi) is 3.63. The van der Waals surface area contributed by atoms with Crippen LogP contribution >= 0.6 is 0 Å². The van der Waals surface area contributed by atoms with Gasteiger partial charge in [-0.15, -0.1) is 0 Å². The molecule has 1 fully saturated rings. The van der Waals surface area contributed by atoms with Gasteiger partial charge in [0.25, 0.3) is 0 Å². The van der Waals surface area contributed by atoms with Gasteiger partial charge in [-0.05, 0) is 62.7 Å². The molecule has 0 saturated heterocycles. The zero-order chi connectivity index (χ0) is 16.7. The van der Waals surface area contributed by atoms with E-state index in [0.29, 0.717) is 17.4 Å². The second-order valence-electron chi connectivity index (χ2n) is 6.60. The van der Waals surface area contributed by atoms with E-state index < -0.39 is 0 Å². The van der Waals surface area contributed by atoms with Gasteiger partial charge in [-0.2, -0.15) is 0 Å². The molecule has 122 valence electrons. The predicted molar refractivity (Wildman–Crippen MR) is 89.2 cm³/mol. The molecule has 1 atom stereocenters. The number of carbonyl (C=O) groups is 1. The molecule has 24 heavy (non-hydrogen) atoms. The largest absolute Gasteiger partial charge is 0.361 e. The summed E-state index contributed by atoms with van der Waals surface area (Å²) in [7, 11) is 0. The number of rotatable bonds is 4. The second-order valence-corrected chi connectivity index (χ2v) is 6.60. The lowest BCUT2D eigenvalue weighted by molar-refractivity contribution is 0.102. The Bertz CT molecular complexity index is 825. The van der Waals surface area contributed by atoms with Gasteiger partial charge in [-0.3, -0.25) is 4.79 Å². The normalized spacial score (nSPS) is 20.5. The number of ketones is 1. The van der Waals surface area contributed by atoms with Crippen LogP contribution in [0.3, 0.4) is 0 Å². The van der Waals surface area contributed by atoms with E-state index in [4.69, 9.17) is 4.52 Å². The van der Waals surface area contributed by atoms with Crippen LogP contribution in [0.5, 0.6) is 0 Å². The number of hydrogen-bond acceptors (Lipinski definition) is 5. The number of aryl methyl sites for hydroxylation is 2. The van der Waals surface area contributed by atoms with Crippen LogP contribution < -0.4 is 0 Å². The summed E-state index contributed by atoms with van der Waals surface area (Å²) in [4.78, 5) is 21.0. The molecule has 1 unspecified atom stereocenters. The zero-order valence-electron chi connectivity index (χ0n) is 13.8. The summed E-state index contributed by atoms with van der Waals surface area (Å²) in [6, 6.07) is 1.71. The average molecular weight is 321 g/mol. The first kappa shape index (κ1) is 15.0. The third kappa shape index (κ3) is 2.70. The van der Waals surface area contributed by atoms with Crippen LogP contribution in [-0.4, -0.2) is 20.9 Å². The summed E-state index contributed by atoms with van der Waals surface area (Å²) in [6.07, 6.45) is 10.7. The fourth-order valence-corrected chi connectivity index (χ4v) is 3.47. The van der Waals surface area contributed by atoms with Gasteiger partial charge in [-0.1, -0.05) is 11.2 Å². The highest BCUT2D eigenvalue weighted by Crippen LogP contribution is 2.45. The van der Waals surface area contributed by atoms with Gasteiger partial charge >= 0.3 is 0 Å². The molecule has 5 nitrogen and oxygen atoms in total. The number of allylic oxidation sites excluding steroid dienone is 4. The summed E-state index contributed by atoms with van der Waals surface area (Å²) < 4.78 is 5.32. The predicted octanol–water partition coefficient (Wildman–Crippen LogP) is 3.70. The van der Waals surface area contributed by atoms with Crippen LogP contribution in [0.2, 0.25) is 0 Å². The highest BCUT2D eigenvalue weighted by Gasteiger charge is 2.34. The first-order chi connectivity index (χ1) is 11.6. The lowest BCUT2D eigenvalue weighted by Gasteiger charge is -2.21. The van der Waals surface area contributed by atoms with E-state index in [2.05, 4.69) is 21.2 Å². The van der Waals surface area contributed by atoms with E-state index in [1.807, 2.05) is 19.9 Å². The SMILES string of the molecule is Cc1noc(C)c1C1=CC(C(=O)c2ncccn2)=CC(C2CC2)C1. The molecule has 0 bridgehead atoms. The summed E-state index contributed by atoms with van der Waals surface area (Å²) in [5.74, 6) is 1.99. The van der Waals surface area contributed by atoms with E-state index >= 15 is 0 Å². The smallest absolute Gasteiger partial charge is 0.229 e. The molecule has 1 saturated carbocycles. The number of Topliss-reactive ketones (excluding diaryl/α,β-unsaturated/α-hetero) is 1. The molecule has 4 rings (SSSR count). The number of hydrogen-bond donors (Lipinski definition) is 0. The van der Waals surface area contributed by atoms with E-state index in [-0.39, 0.29) is 11.6 Å². The third-order valence-corrected chi connectivity index (χ3v) is 4.79. The van der Waals surface area contributed by atoms with Crippen molar-refractivity contribution in [3.05, 3.63) is 59.0 Å². The van der Waals surface area contributed by atoms with Crippen LogP contribution in [0.4, 0.5) is 0 Å². The Balaban J connectivity index is 1.74. The molecule has 2 aromatic rings. The minimum Gasteiger partial charge on any atom is -0.361 e. The van der Waals surface area contributed by atoms with Crippen molar-refractivity contribution in [2.45, 2.75) is 33.1 Å². The van der Waals surface area contributed by atoms with Gasteiger partial charge < -0.3 is 4.52 Å². The van der Waals surface area contributed by atoms with Crippen LogP contribution in [0, 0.1) is 25.7 Å². The molecule has 2 aliphatic rings.